The molecule has 2 rings (SSSR count). The zero-order chi connectivity index (χ0) is 24.6. The predicted molar refractivity (Wildman–Crippen MR) is 120 cm³/mol. The van der Waals surface area contributed by atoms with Crippen LogP contribution in [0, 0.1) is 0 Å². The number of aliphatic imine (C=N–C) groups is 1. The van der Waals surface area contributed by atoms with Gasteiger partial charge >= 0.3 is 12.2 Å². The summed E-state index contributed by atoms with van der Waals surface area (Å²) in [6, 6.07) is 9.64. The standard InChI is InChI=1S/C20H21ClN4O7S/c1-4-17(26)22-15-11-12(33(29,30)16-8-6-5-7-13(16)21)9-10-14(15)23-18(24-19(27)31-2)25-20(28)32-3/h5-11H,4H2,1-3H3,(H,22,26)(H2,23,24,25,27,28). The molecular formula is C20H21ClN4O7S. The number of sulfone groups is 1. The SMILES string of the molecule is CCC(=O)Nc1cc(S(=O)(=O)c2ccccc2Cl)ccc1N=C(NC(=O)OC)NC(=O)OC. The van der Waals surface area contributed by atoms with Gasteiger partial charge in [0.25, 0.3) is 0 Å². The molecule has 0 spiro atoms. The number of carbonyl (C=O) groups is 3. The Kier molecular flexibility index (Phi) is 8.77. The summed E-state index contributed by atoms with van der Waals surface area (Å²) in [5.41, 5.74) is 0.0310. The average molecular weight is 497 g/mol. The molecule has 0 aliphatic heterocycles. The Morgan fingerprint density at radius 2 is 1.61 bits per heavy atom. The van der Waals surface area contributed by atoms with Gasteiger partial charge in [-0.2, -0.15) is 0 Å². The molecule has 0 radical (unpaired) electrons. The maximum Gasteiger partial charge on any atom is 0.413 e. The second-order valence-electron chi connectivity index (χ2n) is 6.21. The summed E-state index contributed by atoms with van der Waals surface area (Å²) in [6.07, 6.45) is -1.79. The summed E-state index contributed by atoms with van der Waals surface area (Å²) >= 11 is 6.05. The van der Waals surface area contributed by atoms with E-state index < -0.39 is 27.9 Å². The van der Waals surface area contributed by atoms with E-state index >= 15 is 0 Å². The molecule has 0 saturated carbocycles. The van der Waals surface area contributed by atoms with E-state index in [1.54, 1.807) is 13.0 Å². The highest BCUT2D eigenvalue weighted by Gasteiger charge is 2.22. The number of hydrogen-bond acceptors (Lipinski definition) is 8. The highest BCUT2D eigenvalue weighted by Crippen LogP contribution is 2.33. The maximum absolute atomic E-state index is 13.1. The summed E-state index contributed by atoms with van der Waals surface area (Å²) in [4.78, 5) is 39.1. The molecule has 2 aromatic rings. The third kappa shape index (κ3) is 6.67. The van der Waals surface area contributed by atoms with Gasteiger partial charge in [0.1, 0.15) is 0 Å². The van der Waals surface area contributed by atoms with Crippen molar-refractivity contribution in [2.24, 2.45) is 4.99 Å². The molecule has 0 aromatic heterocycles. The second kappa shape index (κ2) is 11.3. The van der Waals surface area contributed by atoms with Gasteiger partial charge in [0.05, 0.1) is 40.4 Å². The molecule has 176 valence electrons. The van der Waals surface area contributed by atoms with Crippen LogP contribution < -0.4 is 16.0 Å². The number of methoxy groups -OCH3 is 2. The van der Waals surface area contributed by atoms with Crippen LogP contribution >= 0.6 is 11.6 Å². The number of rotatable bonds is 5. The molecule has 0 atom stereocenters. The number of guanidine groups is 1. The number of nitrogens with zero attached hydrogens (tertiary/aromatic N) is 1. The lowest BCUT2D eigenvalue weighted by molar-refractivity contribution is -0.115. The van der Waals surface area contributed by atoms with Crippen molar-refractivity contribution in [3.8, 4) is 0 Å². The molecular weight excluding hydrogens is 476 g/mol. The second-order valence-corrected chi connectivity index (χ2v) is 8.53. The molecule has 3 N–H and O–H groups in total. The van der Waals surface area contributed by atoms with Crippen LogP contribution in [0.4, 0.5) is 21.0 Å². The van der Waals surface area contributed by atoms with Crippen LogP contribution in [0.15, 0.2) is 57.2 Å². The number of hydrogen-bond donors (Lipinski definition) is 3. The first-order chi connectivity index (χ1) is 15.6. The molecule has 3 amide bonds. The van der Waals surface area contributed by atoms with Crippen LogP contribution in [0.1, 0.15) is 13.3 Å². The number of anilines is 1. The topological polar surface area (TPSA) is 152 Å². The minimum Gasteiger partial charge on any atom is -0.453 e. The average Bonchev–Trinajstić information content (AvgIpc) is 2.79. The summed E-state index contributed by atoms with van der Waals surface area (Å²) in [5.74, 6) is -0.815. The Bertz CT molecular complexity index is 1180. The lowest BCUT2D eigenvalue weighted by Crippen LogP contribution is -2.43. The lowest BCUT2D eigenvalue weighted by atomic mass is 10.2. The van der Waals surface area contributed by atoms with Gasteiger partial charge in [-0.05, 0) is 30.3 Å². The quantitative estimate of drug-likeness (QED) is 0.424. The monoisotopic (exact) mass is 496 g/mol. The van der Waals surface area contributed by atoms with Gasteiger partial charge in [0.15, 0.2) is 0 Å². The summed E-state index contributed by atoms with van der Waals surface area (Å²) in [6.45, 7) is 1.60. The number of carbonyl (C=O) groups excluding carboxylic acids is 3. The smallest absolute Gasteiger partial charge is 0.413 e. The maximum atomic E-state index is 13.1. The van der Waals surface area contributed by atoms with E-state index in [1.165, 1.54) is 36.4 Å². The van der Waals surface area contributed by atoms with Crippen molar-refractivity contribution in [2.75, 3.05) is 19.5 Å². The molecule has 33 heavy (non-hydrogen) atoms. The Morgan fingerprint density at radius 3 is 2.15 bits per heavy atom. The fourth-order valence-electron chi connectivity index (χ4n) is 2.41. The Labute approximate surface area is 195 Å². The molecule has 0 unspecified atom stereocenters. The van der Waals surface area contributed by atoms with Gasteiger partial charge in [0.2, 0.25) is 21.7 Å². The fraction of sp³-hybridized carbons (Fsp3) is 0.200. The molecule has 11 nitrogen and oxygen atoms in total. The van der Waals surface area contributed by atoms with Crippen LogP contribution in [-0.2, 0) is 24.1 Å². The Hall–Kier alpha value is -3.64. The van der Waals surface area contributed by atoms with Gasteiger partial charge in [-0.25, -0.2) is 23.0 Å². The fourth-order valence-corrected chi connectivity index (χ4v) is 4.21. The summed E-state index contributed by atoms with van der Waals surface area (Å²) < 4.78 is 35.1. The van der Waals surface area contributed by atoms with Crippen LogP contribution in [0.2, 0.25) is 5.02 Å². The van der Waals surface area contributed by atoms with Crippen molar-refractivity contribution in [1.29, 1.82) is 0 Å². The van der Waals surface area contributed by atoms with E-state index in [9.17, 15) is 22.8 Å². The molecule has 0 saturated heterocycles. The predicted octanol–water partition coefficient (Wildman–Crippen LogP) is 3.22. The molecule has 0 bridgehead atoms. The minimum absolute atomic E-state index is 0.00538. The molecule has 0 heterocycles. The third-order valence-electron chi connectivity index (χ3n) is 4.04. The Morgan fingerprint density at radius 1 is 1.00 bits per heavy atom. The first kappa shape index (κ1) is 25.6. The molecule has 13 heteroatoms. The van der Waals surface area contributed by atoms with E-state index in [2.05, 4.69) is 30.4 Å². The third-order valence-corrected chi connectivity index (χ3v) is 6.29. The normalized spacial score (nSPS) is 10.5. The number of benzene rings is 2. The van der Waals surface area contributed by atoms with Gasteiger partial charge < -0.3 is 14.8 Å². The lowest BCUT2D eigenvalue weighted by Gasteiger charge is -2.13. The summed E-state index contributed by atoms with van der Waals surface area (Å²) in [5, 5.41) is 6.94. The number of ether oxygens (including phenoxy) is 2. The van der Waals surface area contributed by atoms with Crippen molar-refractivity contribution in [3.05, 3.63) is 47.5 Å². The summed E-state index contributed by atoms with van der Waals surface area (Å²) in [7, 11) is -1.83. The number of nitrogens with one attached hydrogen (secondary N) is 3. The van der Waals surface area contributed by atoms with Crippen molar-refractivity contribution in [3.63, 3.8) is 0 Å². The molecule has 0 aliphatic rings. The zero-order valence-corrected chi connectivity index (χ0v) is 19.4. The number of alkyl carbamates (subject to hydrolysis) is 2. The molecule has 0 aliphatic carbocycles. The van der Waals surface area contributed by atoms with E-state index in [4.69, 9.17) is 11.6 Å². The van der Waals surface area contributed by atoms with Gasteiger partial charge in [-0.15, -0.1) is 0 Å². The van der Waals surface area contributed by atoms with Crippen LogP contribution in [0.3, 0.4) is 0 Å². The van der Waals surface area contributed by atoms with E-state index in [-0.39, 0.29) is 38.6 Å². The van der Waals surface area contributed by atoms with Crippen LogP contribution in [-0.4, -0.2) is 46.7 Å². The first-order valence-corrected chi connectivity index (χ1v) is 11.2. The minimum atomic E-state index is -4.04. The van der Waals surface area contributed by atoms with E-state index in [1.807, 2.05) is 0 Å². The van der Waals surface area contributed by atoms with Crippen molar-refractivity contribution >= 4 is 56.9 Å². The molecule has 2 aromatic carbocycles. The highest BCUT2D eigenvalue weighted by molar-refractivity contribution is 7.91. The van der Waals surface area contributed by atoms with Gasteiger partial charge in [0, 0.05) is 6.42 Å². The number of halogens is 1. The van der Waals surface area contributed by atoms with Crippen molar-refractivity contribution < 1.29 is 32.3 Å². The van der Waals surface area contributed by atoms with Crippen molar-refractivity contribution in [2.45, 2.75) is 23.1 Å². The van der Waals surface area contributed by atoms with E-state index in [0.717, 1.165) is 14.2 Å². The van der Waals surface area contributed by atoms with Gasteiger partial charge in [-0.1, -0.05) is 30.7 Å². The molecule has 0 fully saturated rings. The first-order valence-electron chi connectivity index (χ1n) is 9.34. The van der Waals surface area contributed by atoms with Crippen LogP contribution in [0.5, 0.6) is 0 Å². The van der Waals surface area contributed by atoms with Crippen LogP contribution in [0.25, 0.3) is 0 Å². The number of amides is 3. The van der Waals surface area contributed by atoms with Crippen molar-refractivity contribution in [1.82, 2.24) is 10.6 Å². The van der Waals surface area contributed by atoms with E-state index in [0.29, 0.717) is 0 Å². The largest absolute Gasteiger partial charge is 0.453 e. The highest BCUT2D eigenvalue weighted by atomic mass is 35.5. The Balaban J connectivity index is 2.61. The zero-order valence-electron chi connectivity index (χ0n) is 17.8. The van der Waals surface area contributed by atoms with Gasteiger partial charge in [-0.3, -0.25) is 15.4 Å².